The van der Waals surface area contributed by atoms with Crippen LogP contribution in [0.1, 0.15) is 15.4 Å². The quantitative estimate of drug-likeness (QED) is 0.882. The van der Waals surface area contributed by atoms with Gasteiger partial charge < -0.3 is 14.8 Å². The average molecular weight is 278 g/mol. The first-order valence-electron chi connectivity index (χ1n) is 6.06. The fourth-order valence-corrected chi connectivity index (χ4v) is 2.57. The molecule has 0 spiro atoms. The fourth-order valence-electron chi connectivity index (χ4n) is 1.81. The highest BCUT2D eigenvalue weighted by Crippen LogP contribution is 2.27. The van der Waals surface area contributed by atoms with Crippen molar-refractivity contribution in [2.24, 2.45) is 0 Å². The van der Waals surface area contributed by atoms with Crippen LogP contribution in [0, 0.1) is 6.92 Å². The van der Waals surface area contributed by atoms with E-state index in [0.717, 1.165) is 29.6 Å². The van der Waals surface area contributed by atoms with Gasteiger partial charge >= 0.3 is 0 Å². The molecule has 0 saturated heterocycles. The number of methoxy groups -OCH3 is 2. The van der Waals surface area contributed by atoms with Gasteiger partial charge in [-0.05, 0) is 24.6 Å². The van der Waals surface area contributed by atoms with Crippen molar-refractivity contribution in [2.45, 2.75) is 20.0 Å². The van der Waals surface area contributed by atoms with Crippen LogP contribution in [0.5, 0.6) is 11.5 Å². The van der Waals surface area contributed by atoms with Crippen LogP contribution in [0.3, 0.4) is 0 Å². The van der Waals surface area contributed by atoms with Gasteiger partial charge in [-0.3, -0.25) is 0 Å². The predicted octanol–water partition coefficient (Wildman–Crippen LogP) is 2.76. The number of rotatable bonds is 6. The second-order valence-corrected chi connectivity index (χ2v) is 5.46. The lowest BCUT2D eigenvalue weighted by Crippen LogP contribution is -2.11. The summed E-state index contributed by atoms with van der Waals surface area (Å²) in [6, 6.07) is 5.95. The Balaban J connectivity index is 1.92. The normalized spacial score (nSPS) is 10.5. The van der Waals surface area contributed by atoms with Gasteiger partial charge in [-0.25, -0.2) is 4.98 Å². The number of hydrogen-bond donors (Lipinski definition) is 1. The molecule has 1 aromatic heterocycles. The van der Waals surface area contributed by atoms with Crippen molar-refractivity contribution in [1.29, 1.82) is 0 Å². The highest BCUT2D eigenvalue weighted by molar-refractivity contribution is 7.11. The maximum Gasteiger partial charge on any atom is 0.161 e. The summed E-state index contributed by atoms with van der Waals surface area (Å²) < 4.78 is 10.5. The van der Waals surface area contributed by atoms with E-state index in [0.29, 0.717) is 0 Å². The molecule has 0 amide bonds. The number of aryl methyl sites for hydroxylation is 1. The number of nitrogens with one attached hydrogen (secondary N) is 1. The monoisotopic (exact) mass is 278 g/mol. The largest absolute Gasteiger partial charge is 0.493 e. The molecule has 0 atom stereocenters. The number of benzene rings is 1. The molecule has 1 aromatic carbocycles. The van der Waals surface area contributed by atoms with Crippen LogP contribution in [-0.4, -0.2) is 19.2 Å². The minimum absolute atomic E-state index is 0.754. The molecule has 0 unspecified atom stereocenters. The third-order valence-electron chi connectivity index (χ3n) is 2.75. The first kappa shape index (κ1) is 13.8. The minimum Gasteiger partial charge on any atom is -0.493 e. The summed E-state index contributed by atoms with van der Waals surface area (Å²) in [5.74, 6) is 1.51. The van der Waals surface area contributed by atoms with Gasteiger partial charge in [0.25, 0.3) is 0 Å². The van der Waals surface area contributed by atoms with E-state index in [-0.39, 0.29) is 0 Å². The second-order valence-electron chi connectivity index (χ2n) is 4.14. The zero-order valence-corrected chi connectivity index (χ0v) is 12.2. The molecule has 19 heavy (non-hydrogen) atoms. The lowest BCUT2D eigenvalue weighted by atomic mass is 10.2. The Morgan fingerprint density at radius 2 is 1.95 bits per heavy atom. The summed E-state index contributed by atoms with van der Waals surface area (Å²) in [5, 5.41) is 4.49. The van der Waals surface area contributed by atoms with Crippen LogP contribution in [0.25, 0.3) is 0 Å². The Morgan fingerprint density at radius 1 is 1.16 bits per heavy atom. The Hall–Kier alpha value is -1.59. The molecule has 0 fully saturated rings. The molecule has 0 saturated carbocycles. The van der Waals surface area contributed by atoms with E-state index in [9.17, 15) is 0 Å². The lowest BCUT2D eigenvalue weighted by molar-refractivity contribution is 0.354. The van der Waals surface area contributed by atoms with Gasteiger partial charge in [0.05, 0.1) is 19.2 Å². The van der Waals surface area contributed by atoms with Gasteiger partial charge in [0.2, 0.25) is 0 Å². The molecular formula is C14H18N2O2S. The standard InChI is InChI=1S/C14H18N2O2S/c1-10-16-9-12(19-10)8-15-7-11-4-5-13(17-2)14(6-11)18-3/h4-6,9,15H,7-8H2,1-3H3. The molecule has 1 N–H and O–H groups in total. The minimum atomic E-state index is 0.754. The summed E-state index contributed by atoms with van der Waals surface area (Å²) in [6.45, 7) is 3.64. The zero-order chi connectivity index (χ0) is 13.7. The topological polar surface area (TPSA) is 43.4 Å². The smallest absolute Gasteiger partial charge is 0.161 e. The number of aromatic nitrogens is 1. The van der Waals surface area contributed by atoms with Crippen molar-refractivity contribution >= 4 is 11.3 Å². The molecular weight excluding hydrogens is 260 g/mol. The molecule has 0 bridgehead atoms. The van der Waals surface area contributed by atoms with Crippen LogP contribution in [0.4, 0.5) is 0 Å². The molecule has 0 aliphatic heterocycles. The maximum absolute atomic E-state index is 5.28. The van der Waals surface area contributed by atoms with Crippen molar-refractivity contribution < 1.29 is 9.47 Å². The summed E-state index contributed by atoms with van der Waals surface area (Å²) in [6.07, 6.45) is 1.92. The zero-order valence-electron chi connectivity index (χ0n) is 11.4. The third-order valence-corrected chi connectivity index (χ3v) is 3.66. The first-order valence-corrected chi connectivity index (χ1v) is 6.87. The molecule has 0 aliphatic rings. The molecule has 5 heteroatoms. The van der Waals surface area contributed by atoms with Crippen LogP contribution < -0.4 is 14.8 Å². The van der Waals surface area contributed by atoms with Gasteiger partial charge in [-0.2, -0.15) is 0 Å². The summed E-state index contributed by atoms with van der Waals surface area (Å²) in [4.78, 5) is 5.48. The summed E-state index contributed by atoms with van der Waals surface area (Å²) in [7, 11) is 3.29. The SMILES string of the molecule is COc1ccc(CNCc2cnc(C)s2)cc1OC. The lowest BCUT2D eigenvalue weighted by Gasteiger charge is -2.10. The first-order chi connectivity index (χ1) is 9.22. The highest BCUT2D eigenvalue weighted by atomic mass is 32.1. The van der Waals surface area contributed by atoms with Crippen LogP contribution in [0.2, 0.25) is 0 Å². The molecule has 1 heterocycles. The Kier molecular flexibility index (Phi) is 4.76. The third kappa shape index (κ3) is 3.68. The van der Waals surface area contributed by atoms with Gasteiger partial charge in [0.1, 0.15) is 0 Å². The van der Waals surface area contributed by atoms with Crippen LogP contribution in [-0.2, 0) is 13.1 Å². The average Bonchev–Trinajstić information content (AvgIpc) is 2.84. The van der Waals surface area contributed by atoms with Gasteiger partial charge in [-0.1, -0.05) is 6.07 Å². The Labute approximate surface area is 117 Å². The van der Waals surface area contributed by atoms with E-state index < -0.39 is 0 Å². The number of nitrogens with zero attached hydrogens (tertiary/aromatic N) is 1. The van der Waals surface area contributed by atoms with Crippen LogP contribution >= 0.6 is 11.3 Å². The van der Waals surface area contributed by atoms with E-state index >= 15 is 0 Å². The second kappa shape index (κ2) is 6.54. The van der Waals surface area contributed by atoms with E-state index in [4.69, 9.17) is 9.47 Å². The number of ether oxygens (including phenoxy) is 2. The Bertz CT molecular complexity index is 540. The summed E-state index contributed by atoms with van der Waals surface area (Å²) >= 11 is 1.72. The van der Waals surface area contributed by atoms with Gasteiger partial charge in [0, 0.05) is 24.2 Å². The van der Waals surface area contributed by atoms with E-state index in [2.05, 4.69) is 10.3 Å². The van der Waals surface area contributed by atoms with Crippen molar-refractivity contribution in [3.8, 4) is 11.5 Å². The van der Waals surface area contributed by atoms with Crippen molar-refractivity contribution in [2.75, 3.05) is 14.2 Å². The van der Waals surface area contributed by atoms with Crippen molar-refractivity contribution in [3.63, 3.8) is 0 Å². The number of hydrogen-bond acceptors (Lipinski definition) is 5. The van der Waals surface area contributed by atoms with E-state index in [1.165, 1.54) is 10.4 Å². The van der Waals surface area contributed by atoms with E-state index in [1.54, 1.807) is 25.6 Å². The maximum atomic E-state index is 5.28. The Morgan fingerprint density at radius 3 is 2.58 bits per heavy atom. The van der Waals surface area contributed by atoms with Crippen LogP contribution in [0.15, 0.2) is 24.4 Å². The highest BCUT2D eigenvalue weighted by Gasteiger charge is 2.04. The molecule has 4 nitrogen and oxygen atoms in total. The summed E-state index contributed by atoms with van der Waals surface area (Å²) in [5.41, 5.74) is 1.17. The van der Waals surface area contributed by atoms with Gasteiger partial charge in [-0.15, -0.1) is 11.3 Å². The molecule has 0 aliphatic carbocycles. The molecule has 0 radical (unpaired) electrons. The van der Waals surface area contributed by atoms with Crippen molar-refractivity contribution in [1.82, 2.24) is 10.3 Å². The van der Waals surface area contributed by atoms with Crippen molar-refractivity contribution in [3.05, 3.63) is 39.8 Å². The van der Waals surface area contributed by atoms with Gasteiger partial charge in [0.15, 0.2) is 11.5 Å². The fraction of sp³-hybridized carbons (Fsp3) is 0.357. The number of thiazole rings is 1. The molecule has 2 rings (SSSR count). The van der Waals surface area contributed by atoms with E-state index in [1.807, 2.05) is 31.3 Å². The molecule has 102 valence electrons. The molecule has 2 aromatic rings. The predicted molar refractivity (Wildman–Crippen MR) is 76.9 cm³/mol.